The standard InChI is InChI=1S/C5H5NO.Na.H2S.H/c7-6-4-2-1-3-5-6;;;/h1-5H;;1H2;/q;+1;;-1. The van der Waals surface area contributed by atoms with Gasteiger partial charge in [0.2, 0.25) is 0 Å². The predicted octanol–water partition coefficient (Wildman–Crippen LogP) is -2.45. The Kier molecular flexibility index (Phi) is 8.58. The van der Waals surface area contributed by atoms with Gasteiger partial charge in [-0.3, -0.25) is 0 Å². The van der Waals surface area contributed by atoms with Crippen LogP contribution in [0, 0.1) is 5.21 Å². The summed E-state index contributed by atoms with van der Waals surface area (Å²) in [5.41, 5.74) is 0. The van der Waals surface area contributed by atoms with Crippen LogP contribution in [0.15, 0.2) is 30.6 Å². The van der Waals surface area contributed by atoms with Crippen molar-refractivity contribution in [1.29, 1.82) is 0 Å². The van der Waals surface area contributed by atoms with Gasteiger partial charge in [-0.25, -0.2) is 0 Å². The average molecular weight is 153 g/mol. The molecule has 0 saturated heterocycles. The van der Waals surface area contributed by atoms with E-state index in [2.05, 4.69) is 0 Å². The number of nitrogens with zero attached hydrogens (tertiary/aromatic N) is 1. The van der Waals surface area contributed by atoms with E-state index >= 15 is 0 Å². The summed E-state index contributed by atoms with van der Waals surface area (Å²) in [6.45, 7) is 0. The number of hydrogen-bond donors (Lipinski definition) is 0. The summed E-state index contributed by atoms with van der Waals surface area (Å²) >= 11 is 0. The van der Waals surface area contributed by atoms with E-state index in [1.54, 1.807) is 18.2 Å². The minimum absolute atomic E-state index is 0. The van der Waals surface area contributed by atoms with Crippen molar-refractivity contribution in [3.05, 3.63) is 35.8 Å². The van der Waals surface area contributed by atoms with E-state index in [0.717, 1.165) is 4.73 Å². The Hall–Kier alpha value is 0.300. The van der Waals surface area contributed by atoms with Crippen molar-refractivity contribution in [2.24, 2.45) is 0 Å². The van der Waals surface area contributed by atoms with Crippen molar-refractivity contribution < 1.29 is 35.7 Å². The Labute approximate surface area is 84.7 Å². The van der Waals surface area contributed by atoms with Crippen molar-refractivity contribution in [3.8, 4) is 0 Å². The van der Waals surface area contributed by atoms with Crippen LogP contribution in [0.2, 0.25) is 0 Å². The van der Waals surface area contributed by atoms with Gasteiger partial charge in [0.25, 0.3) is 0 Å². The second kappa shape index (κ2) is 6.42. The van der Waals surface area contributed by atoms with Gasteiger partial charge in [0.15, 0.2) is 12.4 Å². The third-order valence-electron chi connectivity index (χ3n) is 0.688. The summed E-state index contributed by atoms with van der Waals surface area (Å²) in [7, 11) is 0. The van der Waals surface area contributed by atoms with Crippen LogP contribution in [0.4, 0.5) is 0 Å². The smallest absolute Gasteiger partial charge is 1.00 e. The molecule has 0 aliphatic carbocycles. The van der Waals surface area contributed by atoms with Crippen molar-refractivity contribution in [2.45, 2.75) is 0 Å². The molecule has 46 valence electrons. The van der Waals surface area contributed by atoms with Crippen LogP contribution in [0.5, 0.6) is 0 Å². The molecule has 9 heavy (non-hydrogen) atoms. The summed E-state index contributed by atoms with van der Waals surface area (Å²) < 4.78 is 0.750. The average Bonchev–Trinajstić information content (AvgIpc) is 1.69. The third kappa shape index (κ3) is 4.78. The molecule has 0 bridgehead atoms. The minimum atomic E-state index is 0. The molecule has 0 aliphatic rings. The molecule has 0 aromatic carbocycles. The molecule has 1 aromatic rings. The van der Waals surface area contributed by atoms with Gasteiger partial charge >= 0.3 is 29.6 Å². The number of rotatable bonds is 0. The molecule has 0 amide bonds. The molecule has 1 rings (SSSR count). The maximum atomic E-state index is 10.2. The summed E-state index contributed by atoms with van der Waals surface area (Å²) in [6.07, 6.45) is 2.89. The molecule has 0 spiro atoms. The van der Waals surface area contributed by atoms with Crippen LogP contribution in [0.25, 0.3) is 0 Å². The van der Waals surface area contributed by atoms with Crippen LogP contribution >= 0.6 is 13.5 Å². The fourth-order valence-electron chi connectivity index (χ4n) is 0.383. The van der Waals surface area contributed by atoms with E-state index in [1.807, 2.05) is 0 Å². The second-order valence-corrected chi connectivity index (χ2v) is 1.24. The fraction of sp³-hybridized carbons (Fsp3) is 0. The Bertz CT molecular complexity index is 152. The van der Waals surface area contributed by atoms with E-state index < -0.39 is 0 Å². The summed E-state index contributed by atoms with van der Waals surface area (Å²) in [4.78, 5) is 0. The molecule has 0 aliphatic heterocycles. The van der Waals surface area contributed by atoms with Gasteiger partial charge in [0.1, 0.15) is 0 Å². The number of hydrogen-bond acceptors (Lipinski definition) is 1. The molecule has 0 unspecified atom stereocenters. The maximum absolute atomic E-state index is 10.2. The van der Waals surface area contributed by atoms with E-state index in [-0.39, 0.29) is 44.5 Å². The zero-order valence-corrected chi connectivity index (χ0v) is 8.24. The second-order valence-electron chi connectivity index (χ2n) is 1.24. The zero-order chi connectivity index (χ0) is 5.11. The number of pyridine rings is 1. The van der Waals surface area contributed by atoms with Crippen molar-refractivity contribution in [2.75, 3.05) is 0 Å². The van der Waals surface area contributed by atoms with E-state index in [4.69, 9.17) is 0 Å². The largest absolute Gasteiger partial charge is 1.00 e. The monoisotopic (exact) mass is 153 g/mol. The van der Waals surface area contributed by atoms with Gasteiger partial charge in [-0.15, -0.1) is 0 Å². The van der Waals surface area contributed by atoms with Crippen molar-refractivity contribution >= 4 is 13.5 Å². The summed E-state index contributed by atoms with van der Waals surface area (Å²) in [5.74, 6) is 0. The van der Waals surface area contributed by atoms with Crippen molar-refractivity contribution in [3.63, 3.8) is 0 Å². The molecule has 0 saturated carbocycles. The minimum Gasteiger partial charge on any atom is -1.00 e. The Morgan fingerprint density at radius 1 is 1.11 bits per heavy atom. The zero-order valence-electron chi connectivity index (χ0n) is 6.24. The first-order valence-electron chi connectivity index (χ1n) is 2.03. The molecule has 2 nitrogen and oxygen atoms in total. The van der Waals surface area contributed by atoms with Crippen LogP contribution in [0.1, 0.15) is 1.43 Å². The molecule has 0 radical (unpaired) electrons. The molecular weight excluding hydrogens is 145 g/mol. The van der Waals surface area contributed by atoms with Gasteiger partial charge in [0, 0.05) is 12.1 Å². The van der Waals surface area contributed by atoms with Gasteiger partial charge in [-0.1, -0.05) is 6.07 Å². The molecular formula is C5H8NNaOS. The normalized spacial score (nSPS) is 6.67. The quantitative estimate of drug-likeness (QED) is 0.231. The van der Waals surface area contributed by atoms with Crippen LogP contribution in [0.3, 0.4) is 0 Å². The first-order chi connectivity index (χ1) is 3.39. The van der Waals surface area contributed by atoms with Gasteiger partial charge in [-0.05, 0) is 0 Å². The van der Waals surface area contributed by atoms with Gasteiger partial charge in [0.05, 0.1) is 0 Å². The molecule has 0 atom stereocenters. The van der Waals surface area contributed by atoms with E-state index in [0.29, 0.717) is 0 Å². The molecule has 1 heterocycles. The SMILES string of the molecule is S.[H-].[Na+].[O-][n+]1ccccc1. The Morgan fingerprint density at radius 3 is 1.78 bits per heavy atom. The van der Waals surface area contributed by atoms with Crippen LogP contribution in [-0.4, -0.2) is 0 Å². The van der Waals surface area contributed by atoms with Crippen LogP contribution in [-0.2, 0) is 0 Å². The van der Waals surface area contributed by atoms with E-state index in [9.17, 15) is 5.21 Å². The summed E-state index contributed by atoms with van der Waals surface area (Å²) in [6, 6.07) is 5.18. The first kappa shape index (κ1) is 12.0. The summed E-state index contributed by atoms with van der Waals surface area (Å²) in [5, 5.41) is 10.2. The molecule has 0 fully saturated rings. The van der Waals surface area contributed by atoms with Gasteiger partial charge in [-0.2, -0.15) is 18.2 Å². The van der Waals surface area contributed by atoms with Crippen LogP contribution < -0.4 is 34.3 Å². The predicted molar refractivity (Wildman–Crippen MR) is 36.9 cm³/mol. The maximum Gasteiger partial charge on any atom is 1.00 e. The van der Waals surface area contributed by atoms with Gasteiger partial charge < -0.3 is 6.63 Å². The first-order valence-corrected chi connectivity index (χ1v) is 2.03. The fourth-order valence-corrected chi connectivity index (χ4v) is 0.383. The molecule has 0 N–H and O–H groups in total. The molecule has 4 heteroatoms. The topological polar surface area (TPSA) is 26.9 Å². The third-order valence-corrected chi connectivity index (χ3v) is 0.688. The van der Waals surface area contributed by atoms with Crippen molar-refractivity contribution in [1.82, 2.24) is 0 Å². The Balaban J connectivity index is -0.000000163. The number of aromatic nitrogens is 1. The van der Waals surface area contributed by atoms with E-state index in [1.165, 1.54) is 12.4 Å². The Morgan fingerprint density at radius 2 is 1.56 bits per heavy atom. The molecule has 1 aromatic heterocycles.